The summed E-state index contributed by atoms with van der Waals surface area (Å²) in [5.74, 6) is -1.57. The fourth-order valence-electron chi connectivity index (χ4n) is 2.61. The maximum absolute atomic E-state index is 12.3. The predicted molar refractivity (Wildman–Crippen MR) is 98.8 cm³/mol. The number of aliphatic hydroxyl groups excluding tert-OH is 1. The van der Waals surface area contributed by atoms with Crippen LogP contribution < -0.4 is 16.6 Å². The Morgan fingerprint density at radius 3 is 2.25 bits per heavy atom. The number of hydrogen-bond donors (Lipinski definition) is 3. The first-order valence-corrected chi connectivity index (χ1v) is 8.68. The molecular formula is C19H22F3N3O3. The van der Waals surface area contributed by atoms with Crippen LogP contribution in [0.2, 0.25) is 0 Å². The predicted octanol–water partition coefficient (Wildman–Crippen LogP) is 1.79. The first kappa shape index (κ1) is 21.6. The van der Waals surface area contributed by atoms with E-state index in [1.54, 1.807) is 22.8 Å². The zero-order valence-electron chi connectivity index (χ0n) is 15.0. The molecule has 0 spiro atoms. The molecule has 1 amide bonds. The maximum Gasteiger partial charge on any atom is 0.315 e. The third kappa shape index (κ3) is 5.67. The van der Waals surface area contributed by atoms with Crippen molar-refractivity contribution in [1.29, 1.82) is 0 Å². The van der Waals surface area contributed by atoms with Gasteiger partial charge in [-0.25, -0.2) is 0 Å². The van der Waals surface area contributed by atoms with Gasteiger partial charge in [0.15, 0.2) is 0 Å². The van der Waals surface area contributed by atoms with Gasteiger partial charge in [-0.1, -0.05) is 24.3 Å². The van der Waals surface area contributed by atoms with Gasteiger partial charge in [0, 0.05) is 31.8 Å². The van der Waals surface area contributed by atoms with Crippen molar-refractivity contribution in [2.75, 3.05) is 19.8 Å². The second-order valence-corrected chi connectivity index (χ2v) is 6.29. The molecule has 0 saturated carbocycles. The van der Waals surface area contributed by atoms with E-state index in [4.69, 9.17) is 0 Å². The summed E-state index contributed by atoms with van der Waals surface area (Å²) in [7, 11) is 0. The van der Waals surface area contributed by atoms with Gasteiger partial charge in [-0.15, -0.1) is 0 Å². The van der Waals surface area contributed by atoms with Crippen molar-refractivity contribution in [2.45, 2.75) is 25.0 Å². The van der Waals surface area contributed by atoms with Gasteiger partial charge in [0.05, 0.1) is 18.8 Å². The Bertz CT molecular complexity index is 836. The monoisotopic (exact) mass is 397 g/mol. The van der Waals surface area contributed by atoms with E-state index < -0.39 is 25.1 Å². The number of hydrogen-bond acceptors (Lipinski definition) is 4. The summed E-state index contributed by atoms with van der Waals surface area (Å²) in [5, 5.41) is 12.9. The lowest BCUT2D eigenvalue weighted by atomic mass is 10.0. The first-order valence-electron chi connectivity index (χ1n) is 8.68. The third-order valence-electron chi connectivity index (χ3n) is 4.33. The van der Waals surface area contributed by atoms with E-state index in [1.807, 2.05) is 24.4 Å². The van der Waals surface area contributed by atoms with Crippen molar-refractivity contribution in [1.82, 2.24) is 9.88 Å². The van der Waals surface area contributed by atoms with E-state index in [0.29, 0.717) is 5.56 Å². The summed E-state index contributed by atoms with van der Waals surface area (Å²) >= 11 is 0. The number of nitrogens with two attached hydrogens (primary N) is 1. The van der Waals surface area contributed by atoms with Crippen LogP contribution in [-0.2, 0) is 4.79 Å². The molecule has 2 heterocycles. The number of halogens is 3. The highest BCUT2D eigenvalue weighted by atomic mass is 19.3. The van der Waals surface area contributed by atoms with Crippen molar-refractivity contribution < 1.29 is 23.1 Å². The van der Waals surface area contributed by atoms with Gasteiger partial charge in [0.1, 0.15) is 0 Å². The van der Waals surface area contributed by atoms with Crippen molar-refractivity contribution in [3.8, 4) is 11.1 Å². The van der Waals surface area contributed by atoms with Gasteiger partial charge >= 0.3 is 6.43 Å². The number of carbonyl (C=O) groups excluding carboxylic acids is 1. The molecule has 1 unspecified atom stereocenters. The standard InChI is InChI=1S/C17H19FN2O2.C2H3F2NO/c18-7-5-16(21)13-3-1-12(2-4-13)14-6-8-20(17(22)9-14)15-10-19-11-15;3-1(4)2(5)6/h1-4,6,8-9,15-16,19,21H,5,7,10-11H2;1H,(H2,5,6). The van der Waals surface area contributed by atoms with Gasteiger partial charge in [-0.3, -0.25) is 14.0 Å². The Kier molecular flexibility index (Phi) is 7.77. The summed E-state index contributed by atoms with van der Waals surface area (Å²) < 4.78 is 35.4. The van der Waals surface area contributed by atoms with E-state index in [9.17, 15) is 27.9 Å². The van der Waals surface area contributed by atoms with Crippen LogP contribution in [0.3, 0.4) is 0 Å². The Labute approximate surface area is 159 Å². The average molecular weight is 397 g/mol. The fourth-order valence-corrected chi connectivity index (χ4v) is 2.61. The Hall–Kier alpha value is -2.65. The second kappa shape index (κ2) is 10.0. The Morgan fingerprint density at radius 1 is 1.21 bits per heavy atom. The zero-order valence-corrected chi connectivity index (χ0v) is 15.0. The number of rotatable bonds is 6. The number of carbonyl (C=O) groups is 1. The van der Waals surface area contributed by atoms with Crippen LogP contribution in [0.1, 0.15) is 24.1 Å². The molecule has 1 aromatic heterocycles. The molecule has 1 aliphatic rings. The third-order valence-corrected chi connectivity index (χ3v) is 4.33. The minimum Gasteiger partial charge on any atom is -0.388 e. The molecule has 1 aliphatic heterocycles. The minimum absolute atomic E-state index is 0.00876. The van der Waals surface area contributed by atoms with Crippen molar-refractivity contribution >= 4 is 5.91 Å². The molecule has 1 atom stereocenters. The number of benzene rings is 1. The summed E-state index contributed by atoms with van der Waals surface area (Å²) in [6.45, 7) is 1.12. The number of aromatic nitrogens is 1. The second-order valence-electron chi connectivity index (χ2n) is 6.29. The minimum atomic E-state index is -3.01. The molecule has 0 radical (unpaired) electrons. The highest BCUT2D eigenvalue weighted by Gasteiger charge is 2.19. The van der Waals surface area contributed by atoms with Crippen LogP contribution in [0.15, 0.2) is 47.4 Å². The molecule has 1 saturated heterocycles. The normalized spacial score (nSPS) is 14.8. The SMILES string of the molecule is NC(=O)C(F)F.O=c1cc(-c2ccc(C(O)CCF)cc2)ccn1C1CNC1. The fraction of sp³-hybridized carbons (Fsp3) is 0.368. The van der Waals surface area contributed by atoms with Crippen molar-refractivity contribution in [3.63, 3.8) is 0 Å². The van der Waals surface area contributed by atoms with Crippen LogP contribution in [-0.4, -0.2) is 41.8 Å². The smallest absolute Gasteiger partial charge is 0.315 e. The average Bonchev–Trinajstić information content (AvgIpc) is 2.62. The molecule has 0 aliphatic carbocycles. The molecule has 4 N–H and O–H groups in total. The molecule has 1 fully saturated rings. The Balaban J connectivity index is 0.000000409. The largest absolute Gasteiger partial charge is 0.388 e. The summed E-state index contributed by atoms with van der Waals surface area (Å²) in [6.07, 6.45) is -1.86. The molecule has 152 valence electrons. The van der Waals surface area contributed by atoms with Crippen molar-refractivity contribution in [2.24, 2.45) is 5.73 Å². The van der Waals surface area contributed by atoms with Crippen LogP contribution in [0.4, 0.5) is 13.2 Å². The number of aliphatic hydroxyl groups is 1. The summed E-state index contributed by atoms with van der Waals surface area (Å²) in [6, 6.07) is 11.0. The number of nitrogens with one attached hydrogen (secondary N) is 1. The van der Waals surface area contributed by atoms with Gasteiger partial charge in [-0.05, 0) is 22.8 Å². The van der Waals surface area contributed by atoms with E-state index in [-0.39, 0.29) is 18.0 Å². The number of nitrogens with zero attached hydrogens (tertiary/aromatic N) is 1. The van der Waals surface area contributed by atoms with Crippen LogP contribution in [0, 0.1) is 0 Å². The molecule has 0 bridgehead atoms. The number of primary amides is 1. The quantitative estimate of drug-likeness (QED) is 0.692. The van der Waals surface area contributed by atoms with Gasteiger partial charge in [0.25, 0.3) is 11.5 Å². The maximum atomic E-state index is 12.3. The first-order chi connectivity index (χ1) is 13.3. The van der Waals surface area contributed by atoms with E-state index >= 15 is 0 Å². The molecule has 1 aromatic carbocycles. The molecule has 6 nitrogen and oxygen atoms in total. The van der Waals surface area contributed by atoms with E-state index in [1.165, 1.54) is 0 Å². The van der Waals surface area contributed by atoms with Gasteiger partial charge in [-0.2, -0.15) is 8.78 Å². The summed E-state index contributed by atoms with van der Waals surface area (Å²) in [4.78, 5) is 21.3. The zero-order chi connectivity index (χ0) is 20.7. The number of alkyl halides is 3. The molecule has 3 rings (SSSR count). The van der Waals surface area contributed by atoms with E-state index in [0.717, 1.165) is 24.2 Å². The Morgan fingerprint density at radius 2 is 1.82 bits per heavy atom. The van der Waals surface area contributed by atoms with Crippen LogP contribution in [0.5, 0.6) is 0 Å². The highest BCUT2D eigenvalue weighted by Crippen LogP contribution is 2.23. The molecule has 28 heavy (non-hydrogen) atoms. The van der Waals surface area contributed by atoms with Crippen LogP contribution >= 0.6 is 0 Å². The number of pyridine rings is 1. The molecular weight excluding hydrogens is 375 g/mol. The number of amides is 1. The highest BCUT2D eigenvalue weighted by molar-refractivity contribution is 5.76. The summed E-state index contributed by atoms with van der Waals surface area (Å²) in [5.41, 5.74) is 6.48. The van der Waals surface area contributed by atoms with E-state index in [2.05, 4.69) is 11.1 Å². The van der Waals surface area contributed by atoms with Crippen LogP contribution in [0.25, 0.3) is 11.1 Å². The molecule has 2 aromatic rings. The topological polar surface area (TPSA) is 97.3 Å². The molecule has 9 heteroatoms. The van der Waals surface area contributed by atoms with Gasteiger partial charge < -0.3 is 20.7 Å². The lowest BCUT2D eigenvalue weighted by Gasteiger charge is -2.29. The van der Waals surface area contributed by atoms with Gasteiger partial charge in [0.2, 0.25) is 0 Å². The lowest BCUT2D eigenvalue weighted by molar-refractivity contribution is -0.128. The van der Waals surface area contributed by atoms with Crippen molar-refractivity contribution in [3.05, 3.63) is 58.5 Å². The lowest BCUT2D eigenvalue weighted by Crippen LogP contribution is -2.46.